The van der Waals surface area contributed by atoms with Crippen LogP contribution in [0.2, 0.25) is 0 Å². The van der Waals surface area contributed by atoms with Crippen LogP contribution in [0, 0.1) is 0 Å². The van der Waals surface area contributed by atoms with Crippen LogP contribution in [-0.4, -0.2) is 46.0 Å². The van der Waals surface area contributed by atoms with Gasteiger partial charge in [0.15, 0.2) is 0 Å². The van der Waals surface area contributed by atoms with Crippen LogP contribution < -0.4 is 10.6 Å². The summed E-state index contributed by atoms with van der Waals surface area (Å²) >= 11 is 0. The summed E-state index contributed by atoms with van der Waals surface area (Å²) in [6.07, 6.45) is 1.40. The number of hydrogen-bond acceptors (Lipinski definition) is 8. The lowest BCUT2D eigenvalue weighted by Crippen LogP contribution is -2.21. The van der Waals surface area contributed by atoms with Crippen molar-refractivity contribution in [2.24, 2.45) is 0 Å². The fraction of sp³-hybridized carbons (Fsp3) is 0.320. The van der Waals surface area contributed by atoms with Crippen molar-refractivity contribution in [2.75, 3.05) is 30.5 Å². The molecule has 0 aliphatic carbocycles. The molecule has 1 unspecified atom stereocenters. The lowest BCUT2D eigenvalue weighted by molar-refractivity contribution is 0.0526. The molecule has 0 saturated heterocycles. The largest absolute Gasteiger partial charge is 0.462 e. The zero-order valence-electron chi connectivity index (χ0n) is 19.1. The van der Waals surface area contributed by atoms with Gasteiger partial charge < -0.3 is 25.6 Å². The van der Waals surface area contributed by atoms with E-state index in [2.05, 4.69) is 20.6 Å². The maximum atomic E-state index is 12.5. The molecule has 33 heavy (non-hydrogen) atoms. The van der Waals surface area contributed by atoms with Gasteiger partial charge in [-0.1, -0.05) is 56.3 Å². The highest BCUT2D eigenvalue weighted by Crippen LogP contribution is 2.26. The average Bonchev–Trinajstić information content (AvgIpc) is 2.83. The van der Waals surface area contributed by atoms with Crippen molar-refractivity contribution in [3.63, 3.8) is 0 Å². The van der Waals surface area contributed by atoms with Gasteiger partial charge >= 0.3 is 5.97 Å². The number of carbonyl (C=O) groups is 1. The number of nitrogens with zero attached hydrogens (tertiary/aromatic N) is 2. The summed E-state index contributed by atoms with van der Waals surface area (Å²) in [5, 5.41) is 25.8. The zero-order valence-corrected chi connectivity index (χ0v) is 19.1. The van der Waals surface area contributed by atoms with Crippen LogP contribution in [-0.2, 0) is 10.2 Å². The first kappa shape index (κ1) is 24.2. The fourth-order valence-electron chi connectivity index (χ4n) is 3.22. The molecule has 0 bridgehead atoms. The lowest BCUT2D eigenvalue weighted by Gasteiger charge is -2.22. The maximum absolute atomic E-state index is 12.5. The summed E-state index contributed by atoms with van der Waals surface area (Å²) in [5.41, 5.74) is 2.44. The summed E-state index contributed by atoms with van der Waals surface area (Å²) in [7, 11) is 0. The van der Waals surface area contributed by atoms with E-state index in [1.165, 1.54) is 6.20 Å². The van der Waals surface area contributed by atoms with Crippen molar-refractivity contribution in [3.8, 4) is 0 Å². The first-order chi connectivity index (χ1) is 15.9. The molecule has 0 aliphatic rings. The molecule has 0 fully saturated rings. The van der Waals surface area contributed by atoms with Crippen molar-refractivity contribution in [1.29, 1.82) is 0 Å². The molecule has 0 radical (unpaired) electrons. The predicted molar refractivity (Wildman–Crippen MR) is 128 cm³/mol. The number of benzene rings is 2. The normalized spacial score (nSPS) is 12.2. The Morgan fingerprint density at radius 1 is 1.09 bits per heavy atom. The Morgan fingerprint density at radius 3 is 2.39 bits per heavy atom. The van der Waals surface area contributed by atoms with Crippen LogP contribution in [0.5, 0.6) is 0 Å². The van der Waals surface area contributed by atoms with Gasteiger partial charge in [-0.3, -0.25) is 0 Å². The number of aromatic nitrogens is 2. The van der Waals surface area contributed by atoms with Gasteiger partial charge in [-0.05, 0) is 30.2 Å². The molecule has 0 saturated carbocycles. The summed E-state index contributed by atoms with van der Waals surface area (Å²) in [6.45, 7) is 5.73. The number of aliphatic hydroxyl groups is 2. The molecule has 0 amide bonds. The summed E-state index contributed by atoms with van der Waals surface area (Å²) in [5.74, 6) is -0.0109. The van der Waals surface area contributed by atoms with E-state index in [0.717, 1.165) is 16.8 Å². The van der Waals surface area contributed by atoms with E-state index in [-0.39, 0.29) is 42.6 Å². The minimum atomic E-state index is -0.549. The molecule has 3 rings (SSSR count). The van der Waals surface area contributed by atoms with E-state index in [1.54, 1.807) is 6.92 Å². The molecular formula is C25H30N4O4. The van der Waals surface area contributed by atoms with E-state index in [0.29, 0.717) is 0 Å². The van der Waals surface area contributed by atoms with E-state index in [9.17, 15) is 15.0 Å². The number of aliphatic hydroxyl groups excluding tert-OH is 2. The molecule has 1 heterocycles. The van der Waals surface area contributed by atoms with Crippen molar-refractivity contribution >= 4 is 23.4 Å². The average molecular weight is 451 g/mol. The van der Waals surface area contributed by atoms with Crippen molar-refractivity contribution in [3.05, 3.63) is 77.5 Å². The van der Waals surface area contributed by atoms with Crippen LogP contribution in [0.3, 0.4) is 0 Å². The Kier molecular flexibility index (Phi) is 7.97. The second-order valence-corrected chi connectivity index (χ2v) is 8.21. The van der Waals surface area contributed by atoms with Gasteiger partial charge in [-0.25, -0.2) is 9.78 Å². The van der Waals surface area contributed by atoms with Crippen molar-refractivity contribution in [2.45, 2.75) is 32.2 Å². The van der Waals surface area contributed by atoms with Crippen LogP contribution in [0.4, 0.5) is 17.5 Å². The van der Waals surface area contributed by atoms with Gasteiger partial charge in [0.05, 0.1) is 25.9 Å². The third-order valence-electron chi connectivity index (χ3n) is 5.30. The highest BCUT2D eigenvalue weighted by atomic mass is 16.5. The molecule has 174 valence electrons. The number of rotatable bonds is 10. The molecule has 8 heteroatoms. The molecule has 3 aromatic rings. The molecular weight excluding hydrogens is 420 g/mol. The van der Waals surface area contributed by atoms with Gasteiger partial charge in [0.2, 0.25) is 5.95 Å². The Bertz CT molecular complexity index is 1060. The summed E-state index contributed by atoms with van der Waals surface area (Å²) in [4.78, 5) is 21.2. The molecule has 2 aromatic carbocycles. The lowest BCUT2D eigenvalue weighted by atomic mass is 9.86. The highest BCUT2D eigenvalue weighted by molar-refractivity contribution is 5.94. The monoisotopic (exact) mass is 450 g/mol. The fourth-order valence-corrected chi connectivity index (χ4v) is 3.22. The SMILES string of the molecule is CCOC(=O)c1cnc(Nc2ccc(C(C)(C)CO)cc2)nc1NC(CO)c1ccccc1. The third kappa shape index (κ3) is 6.06. The number of carbonyl (C=O) groups excluding carboxylic acids is 1. The molecule has 4 N–H and O–H groups in total. The Hall–Kier alpha value is -3.49. The smallest absolute Gasteiger partial charge is 0.343 e. The highest BCUT2D eigenvalue weighted by Gasteiger charge is 2.21. The standard InChI is InChI=1S/C25H30N4O4/c1-4-33-23(32)20-14-26-24(27-19-12-10-18(11-13-19)25(2,3)16-31)29-22(20)28-21(15-30)17-8-6-5-7-9-17/h5-14,21,30-31H,4,15-16H2,1-3H3,(H2,26,27,28,29). The van der Waals surface area contributed by atoms with Crippen LogP contribution in [0.1, 0.15) is 48.3 Å². The molecule has 0 aliphatic heterocycles. The maximum Gasteiger partial charge on any atom is 0.343 e. The second-order valence-electron chi connectivity index (χ2n) is 8.21. The Morgan fingerprint density at radius 2 is 1.79 bits per heavy atom. The van der Waals surface area contributed by atoms with Crippen molar-refractivity contribution < 1.29 is 19.7 Å². The van der Waals surface area contributed by atoms with Gasteiger partial charge in [0, 0.05) is 17.3 Å². The van der Waals surface area contributed by atoms with Gasteiger partial charge in [-0.2, -0.15) is 4.98 Å². The number of ether oxygens (including phenoxy) is 1. The molecule has 1 aromatic heterocycles. The van der Waals surface area contributed by atoms with Gasteiger partial charge in [-0.15, -0.1) is 0 Å². The molecule has 0 spiro atoms. The Balaban J connectivity index is 1.88. The topological polar surface area (TPSA) is 117 Å². The first-order valence-electron chi connectivity index (χ1n) is 10.8. The molecule has 1 atom stereocenters. The number of hydrogen-bond donors (Lipinski definition) is 4. The van der Waals surface area contributed by atoms with Crippen LogP contribution in [0.15, 0.2) is 60.8 Å². The summed E-state index contributed by atoms with van der Waals surface area (Å²) in [6, 6.07) is 16.6. The van der Waals surface area contributed by atoms with Gasteiger partial charge in [0.1, 0.15) is 11.4 Å². The summed E-state index contributed by atoms with van der Waals surface area (Å²) < 4.78 is 5.14. The van der Waals surface area contributed by atoms with Crippen LogP contribution in [0.25, 0.3) is 0 Å². The quantitative estimate of drug-likeness (QED) is 0.345. The number of nitrogens with one attached hydrogen (secondary N) is 2. The van der Waals surface area contributed by atoms with E-state index >= 15 is 0 Å². The molecule has 8 nitrogen and oxygen atoms in total. The second kappa shape index (κ2) is 10.9. The van der Waals surface area contributed by atoms with Crippen LogP contribution >= 0.6 is 0 Å². The first-order valence-corrected chi connectivity index (χ1v) is 10.8. The van der Waals surface area contributed by atoms with E-state index in [4.69, 9.17) is 4.74 Å². The minimum Gasteiger partial charge on any atom is -0.462 e. The van der Waals surface area contributed by atoms with Gasteiger partial charge in [0.25, 0.3) is 0 Å². The van der Waals surface area contributed by atoms with Crippen molar-refractivity contribution in [1.82, 2.24) is 9.97 Å². The van der Waals surface area contributed by atoms with E-state index in [1.807, 2.05) is 68.4 Å². The minimum absolute atomic E-state index is 0.0423. The zero-order chi connectivity index (χ0) is 23.8. The third-order valence-corrected chi connectivity index (χ3v) is 5.30. The number of anilines is 3. The number of esters is 1. The predicted octanol–water partition coefficient (Wildman–Crippen LogP) is 3.81. The van der Waals surface area contributed by atoms with E-state index < -0.39 is 12.0 Å². The Labute approximate surface area is 193 Å².